The van der Waals surface area contributed by atoms with Gasteiger partial charge in [-0.1, -0.05) is 12.1 Å². The fraction of sp³-hybridized carbons (Fsp3) is 0.562. The van der Waals surface area contributed by atoms with Gasteiger partial charge in [0.05, 0.1) is 5.41 Å². The van der Waals surface area contributed by atoms with Gasteiger partial charge in [-0.2, -0.15) is 0 Å². The number of nitrogens with one attached hydrogen (secondary N) is 1. The molecule has 1 N–H and O–H groups in total. The van der Waals surface area contributed by atoms with Crippen molar-refractivity contribution in [3.05, 3.63) is 29.8 Å². The molecule has 0 aromatic heterocycles. The molecule has 2 heterocycles. The molecule has 0 radical (unpaired) electrons. The van der Waals surface area contributed by atoms with Crippen LogP contribution < -0.4 is 5.32 Å². The third-order valence-corrected chi connectivity index (χ3v) is 5.73. The van der Waals surface area contributed by atoms with Gasteiger partial charge in [0.25, 0.3) is 0 Å². The smallest absolute Gasteiger partial charge is 0.229 e. The Kier molecular flexibility index (Phi) is 4.13. The van der Waals surface area contributed by atoms with Gasteiger partial charge in [-0.25, -0.2) is 0 Å². The van der Waals surface area contributed by atoms with E-state index in [-0.39, 0.29) is 5.41 Å². The third-order valence-electron chi connectivity index (χ3n) is 4.79. The Morgan fingerprint density at radius 1 is 1.19 bits per heavy atom. The van der Waals surface area contributed by atoms with Crippen molar-refractivity contribution in [2.24, 2.45) is 5.41 Å². The van der Waals surface area contributed by atoms with Crippen molar-refractivity contribution in [3.8, 4) is 0 Å². The van der Waals surface area contributed by atoms with E-state index >= 15 is 0 Å². The second-order valence-corrected chi connectivity index (χ2v) is 7.48. The molecule has 5 heteroatoms. The van der Waals surface area contributed by atoms with E-state index in [1.165, 1.54) is 0 Å². The van der Waals surface area contributed by atoms with E-state index in [9.17, 15) is 9.00 Å². The number of carbonyl (C=O) groups is 1. The third kappa shape index (κ3) is 2.90. The topological polar surface area (TPSA) is 49.4 Å². The minimum absolute atomic E-state index is 0.101. The number of likely N-dealkylation sites (tertiary alicyclic amines) is 1. The molecular formula is C16H22N2O2S. The Bertz CT molecular complexity index is 550. The lowest BCUT2D eigenvalue weighted by atomic mass is 9.78. The zero-order valence-electron chi connectivity index (χ0n) is 12.4. The van der Waals surface area contributed by atoms with E-state index in [1.807, 2.05) is 29.2 Å². The van der Waals surface area contributed by atoms with Gasteiger partial charge in [-0.15, -0.1) is 0 Å². The first-order valence-electron chi connectivity index (χ1n) is 7.53. The Morgan fingerprint density at radius 3 is 2.48 bits per heavy atom. The van der Waals surface area contributed by atoms with E-state index in [0.717, 1.165) is 49.4 Å². The SMILES string of the molecule is CS(=O)c1ccc(CN2CCC3(CCNCC3)C2=O)cc1. The summed E-state index contributed by atoms with van der Waals surface area (Å²) in [5.41, 5.74) is 1.01. The standard InChI is InChI=1S/C16H22N2O2S/c1-21(20)14-4-2-13(3-5-14)12-18-11-8-16(15(18)19)6-9-17-10-7-16/h2-5,17H,6-12H2,1H3. The van der Waals surface area contributed by atoms with Crippen LogP contribution in [0.3, 0.4) is 0 Å². The minimum atomic E-state index is -0.945. The Hall–Kier alpha value is -1.20. The van der Waals surface area contributed by atoms with E-state index in [1.54, 1.807) is 6.26 Å². The lowest BCUT2D eigenvalue weighted by Gasteiger charge is -2.32. The van der Waals surface area contributed by atoms with Crippen molar-refractivity contribution in [2.45, 2.75) is 30.7 Å². The lowest BCUT2D eigenvalue weighted by molar-refractivity contribution is -0.137. The van der Waals surface area contributed by atoms with Gasteiger partial charge in [-0.05, 0) is 50.0 Å². The van der Waals surface area contributed by atoms with Crippen LogP contribution in [0.5, 0.6) is 0 Å². The Morgan fingerprint density at radius 2 is 1.86 bits per heavy atom. The monoisotopic (exact) mass is 306 g/mol. The molecule has 2 aliphatic rings. The average molecular weight is 306 g/mol. The van der Waals surface area contributed by atoms with Crippen LogP contribution in [-0.4, -0.2) is 40.9 Å². The highest BCUT2D eigenvalue weighted by Crippen LogP contribution is 2.40. The Labute approximate surface area is 128 Å². The van der Waals surface area contributed by atoms with Crippen molar-refractivity contribution < 1.29 is 9.00 Å². The molecule has 1 spiro atoms. The number of hydrogen-bond acceptors (Lipinski definition) is 3. The summed E-state index contributed by atoms with van der Waals surface area (Å²) < 4.78 is 11.4. The maximum atomic E-state index is 12.7. The summed E-state index contributed by atoms with van der Waals surface area (Å²) in [6.07, 6.45) is 4.61. The van der Waals surface area contributed by atoms with Crippen LogP contribution in [-0.2, 0) is 22.1 Å². The number of carbonyl (C=O) groups excluding carboxylic acids is 1. The Balaban J connectivity index is 1.68. The average Bonchev–Trinajstić information content (AvgIpc) is 2.78. The zero-order chi connectivity index (χ0) is 14.9. The van der Waals surface area contributed by atoms with Crippen LogP contribution >= 0.6 is 0 Å². The summed E-state index contributed by atoms with van der Waals surface area (Å²) in [5, 5.41) is 3.34. The highest BCUT2D eigenvalue weighted by Gasteiger charge is 2.46. The highest BCUT2D eigenvalue weighted by atomic mass is 32.2. The predicted octanol–water partition coefficient (Wildman–Crippen LogP) is 1.53. The first-order chi connectivity index (χ1) is 10.1. The molecule has 3 rings (SSSR count). The van der Waals surface area contributed by atoms with Gasteiger partial charge in [0.1, 0.15) is 0 Å². The molecule has 2 saturated heterocycles. The van der Waals surface area contributed by atoms with Crippen LogP contribution in [0, 0.1) is 5.41 Å². The van der Waals surface area contributed by atoms with Gasteiger partial charge in [0, 0.05) is 35.0 Å². The molecule has 1 aromatic carbocycles. The van der Waals surface area contributed by atoms with E-state index in [0.29, 0.717) is 12.5 Å². The molecular weight excluding hydrogens is 284 g/mol. The second kappa shape index (κ2) is 5.89. The quantitative estimate of drug-likeness (QED) is 0.921. The molecule has 0 bridgehead atoms. The molecule has 2 fully saturated rings. The maximum Gasteiger partial charge on any atom is 0.229 e. The summed E-state index contributed by atoms with van der Waals surface area (Å²) in [6, 6.07) is 7.76. The number of piperidine rings is 1. The molecule has 2 aliphatic heterocycles. The van der Waals surface area contributed by atoms with Crippen LogP contribution in [0.4, 0.5) is 0 Å². The van der Waals surface area contributed by atoms with Crippen molar-refractivity contribution >= 4 is 16.7 Å². The maximum absolute atomic E-state index is 12.7. The van der Waals surface area contributed by atoms with E-state index in [4.69, 9.17) is 0 Å². The normalized spacial score (nSPS) is 22.7. The summed E-state index contributed by atoms with van der Waals surface area (Å²) in [7, 11) is -0.945. The number of amides is 1. The van der Waals surface area contributed by atoms with Crippen LogP contribution in [0.15, 0.2) is 29.2 Å². The van der Waals surface area contributed by atoms with Crippen molar-refractivity contribution in [1.82, 2.24) is 10.2 Å². The minimum Gasteiger partial charge on any atom is -0.338 e. The van der Waals surface area contributed by atoms with Gasteiger partial charge < -0.3 is 10.2 Å². The molecule has 1 amide bonds. The predicted molar refractivity (Wildman–Crippen MR) is 83.3 cm³/mol. The fourth-order valence-electron chi connectivity index (χ4n) is 3.42. The van der Waals surface area contributed by atoms with Gasteiger partial charge in [-0.3, -0.25) is 9.00 Å². The van der Waals surface area contributed by atoms with Gasteiger partial charge >= 0.3 is 0 Å². The first-order valence-corrected chi connectivity index (χ1v) is 9.09. The summed E-state index contributed by atoms with van der Waals surface area (Å²) in [6.45, 7) is 3.44. The molecule has 1 aromatic rings. The molecule has 21 heavy (non-hydrogen) atoms. The van der Waals surface area contributed by atoms with Gasteiger partial charge in [0.15, 0.2) is 0 Å². The van der Waals surface area contributed by atoms with Crippen LogP contribution in [0.2, 0.25) is 0 Å². The zero-order valence-corrected chi connectivity index (χ0v) is 13.2. The first kappa shape index (κ1) is 14.7. The number of benzene rings is 1. The van der Waals surface area contributed by atoms with Crippen molar-refractivity contribution in [3.63, 3.8) is 0 Å². The largest absolute Gasteiger partial charge is 0.338 e. The summed E-state index contributed by atoms with van der Waals surface area (Å²) in [5.74, 6) is 0.326. The number of nitrogens with zero attached hydrogens (tertiary/aromatic N) is 1. The molecule has 0 aliphatic carbocycles. The summed E-state index contributed by atoms with van der Waals surface area (Å²) in [4.78, 5) is 15.5. The highest BCUT2D eigenvalue weighted by molar-refractivity contribution is 7.84. The summed E-state index contributed by atoms with van der Waals surface area (Å²) >= 11 is 0. The molecule has 0 saturated carbocycles. The van der Waals surface area contributed by atoms with Crippen LogP contribution in [0.25, 0.3) is 0 Å². The molecule has 4 nitrogen and oxygen atoms in total. The van der Waals surface area contributed by atoms with Crippen molar-refractivity contribution in [1.29, 1.82) is 0 Å². The fourth-order valence-corrected chi connectivity index (χ4v) is 3.94. The van der Waals surface area contributed by atoms with Crippen molar-refractivity contribution in [2.75, 3.05) is 25.9 Å². The van der Waals surface area contributed by atoms with Crippen LogP contribution in [0.1, 0.15) is 24.8 Å². The van der Waals surface area contributed by atoms with E-state index < -0.39 is 10.8 Å². The second-order valence-electron chi connectivity index (χ2n) is 6.11. The van der Waals surface area contributed by atoms with E-state index in [2.05, 4.69) is 5.32 Å². The van der Waals surface area contributed by atoms with Gasteiger partial charge in [0.2, 0.25) is 5.91 Å². The molecule has 1 unspecified atom stereocenters. The molecule has 1 atom stereocenters. The number of rotatable bonds is 3. The number of hydrogen-bond donors (Lipinski definition) is 1. The molecule has 114 valence electrons. The lowest BCUT2D eigenvalue weighted by Crippen LogP contribution is -2.42.